The maximum atomic E-state index is 12.8. The average molecular weight is 531 g/mol. The van der Waals surface area contributed by atoms with E-state index in [0.717, 1.165) is 75.0 Å². The van der Waals surface area contributed by atoms with E-state index in [1.807, 2.05) is 0 Å². The number of aromatic nitrogens is 1. The Balaban J connectivity index is 1.13. The zero-order valence-corrected chi connectivity index (χ0v) is 23.6. The average Bonchev–Trinajstić information content (AvgIpc) is 3.53. The van der Waals surface area contributed by atoms with Crippen molar-refractivity contribution >= 4 is 22.4 Å². The Kier molecular flexibility index (Phi) is 6.78. The number of thiazole rings is 1. The van der Waals surface area contributed by atoms with Crippen molar-refractivity contribution in [3.63, 3.8) is 0 Å². The first kappa shape index (κ1) is 26.2. The third kappa shape index (κ3) is 4.22. The molecular weight excluding hydrogens is 484 g/mol. The minimum absolute atomic E-state index is 0.0457. The number of carbonyl (C=O) groups excluding carboxylic acids is 1. The number of nitrogens with zero attached hydrogens (tertiary/aromatic N) is 1. The van der Waals surface area contributed by atoms with E-state index in [0.29, 0.717) is 36.0 Å². The monoisotopic (exact) mass is 530 g/mol. The van der Waals surface area contributed by atoms with Crippen LogP contribution in [0.15, 0.2) is 0 Å². The van der Waals surface area contributed by atoms with Gasteiger partial charge in [-0.2, -0.15) is 0 Å². The summed E-state index contributed by atoms with van der Waals surface area (Å²) in [5.41, 5.74) is 1.05. The number of carbonyl (C=O) groups is 1. The summed E-state index contributed by atoms with van der Waals surface area (Å²) in [4.78, 5) is 18.7. The molecule has 37 heavy (non-hydrogen) atoms. The minimum atomic E-state index is -0.380. The Morgan fingerprint density at radius 2 is 1.92 bits per heavy atom. The Bertz CT molecular complexity index is 1010. The zero-order chi connectivity index (χ0) is 26.1. The van der Waals surface area contributed by atoms with Crippen molar-refractivity contribution in [3.05, 3.63) is 10.6 Å². The molecule has 0 bridgehead atoms. The van der Waals surface area contributed by atoms with E-state index in [2.05, 4.69) is 31.1 Å². The van der Waals surface area contributed by atoms with Gasteiger partial charge in [0.05, 0.1) is 24.0 Å². The Labute approximate surface area is 225 Å². The SMILES string of the molecule is CC(CCC(=O)Nc1nc2c(s1)CCC2)C1CCC2C3C(O)CC4CC(O)CCC4(C)C3CC(O)C12C. The molecule has 0 aliphatic heterocycles. The molecule has 6 rings (SSSR count). The largest absolute Gasteiger partial charge is 0.393 e. The van der Waals surface area contributed by atoms with Crippen LogP contribution in [0.5, 0.6) is 0 Å². The molecule has 7 heteroatoms. The fraction of sp³-hybridized carbons (Fsp3) is 0.867. The molecule has 1 aromatic heterocycles. The summed E-state index contributed by atoms with van der Waals surface area (Å²) in [6.45, 7) is 6.93. The highest BCUT2D eigenvalue weighted by atomic mass is 32.1. The van der Waals surface area contributed by atoms with E-state index in [9.17, 15) is 20.1 Å². The first-order chi connectivity index (χ1) is 17.6. The standard InChI is InChI=1S/C30H46N2O4S/c1-16(7-10-26(36)32-28-31-22-5-4-6-24(22)37-28)19-8-9-20-27-21(15-25(35)30(19,20)3)29(2)12-11-18(33)13-17(29)14-23(27)34/h16-21,23,25,27,33-35H,4-15H2,1-3H3,(H,31,32,36). The molecule has 1 heterocycles. The second-order valence-corrected chi connectivity index (χ2v) is 14.9. The normalized spacial score (nSPS) is 45.5. The summed E-state index contributed by atoms with van der Waals surface area (Å²) in [7, 11) is 0. The fourth-order valence-electron chi connectivity index (χ4n) is 10.1. The lowest BCUT2D eigenvalue weighted by Gasteiger charge is -2.63. The quantitative estimate of drug-likeness (QED) is 0.432. The van der Waals surface area contributed by atoms with Crippen molar-refractivity contribution in [3.8, 4) is 0 Å². The van der Waals surface area contributed by atoms with E-state index in [-0.39, 0.29) is 41.0 Å². The number of aryl methyl sites for hydroxylation is 2. The molecule has 0 saturated heterocycles. The van der Waals surface area contributed by atoms with Gasteiger partial charge >= 0.3 is 0 Å². The number of amides is 1. The smallest absolute Gasteiger partial charge is 0.226 e. The van der Waals surface area contributed by atoms with Gasteiger partial charge in [0.15, 0.2) is 5.13 Å². The summed E-state index contributed by atoms with van der Waals surface area (Å²) in [6, 6.07) is 0. The highest BCUT2D eigenvalue weighted by Gasteiger charge is 2.65. The zero-order valence-electron chi connectivity index (χ0n) is 22.8. The topological polar surface area (TPSA) is 103 Å². The first-order valence-electron chi connectivity index (χ1n) is 14.9. The maximum Gasteiger partial charge on any atom is 0.226 e. The van der Waals surface area contributed by atoms with Crippen molar-refractivity contribution in [2.24, 2.45) is 46.3 Å². The third-order valence-corrected chi connectivity index (χ3v) is 13.3. The molecule has 4 N–H and O–H groups in total. The van der Waals surface area contributed by atoms with Crippen LogP contribution < -0.4 is 5.32 Å². The minimum Gasteiger partial charge on any atom is -0.393 e. The molecule has 11 unspecified atom stereocenters. The van der Waals surface area contributed by atoms with Gasteiger partial charge in [0.2, 0.25) is 5.91 Å². The second kappa shape index (κ2) is 9.57. The summed E-state index contributed by atoms with van der Waals surface area (Å²) >= 11 is 1.63. The predicted octanol–water partition coefficient (Wildman–Crippen LogP) is 4.95. The van der Waals surface area contributed by atoms with Crippen LogP contribution >= 0.6 is 11.3 Å². The number of nitrogens with one attached hydrogen (secondary N) is 1. The summed E-state index contributed by atoms with van der Waals surface area (Å²) in [5, 5.41) is 37.3. The van der Waals surface area contributed by atoms with Crippen LogP contribution in [-0.4, -0.2) is 44.5 Å². The van der Waals surface area contributed by atoms with Crippen LogP contribution in [0.3, 0.4) is 0 Å². The molecule has 0 aromatic carbocycles. The van der Waals surface area contributed by atoms with Crippen molar-refractivity contribution in [1.82, 2.24) is 4.98 Å². The Morgan fingerprint density at radius 1 is 1.11 bits per heavy atom. The number of aliphatic hydroxyl groups is 3. The fourth-order valence-corrected chi connectivity index (χ4v) is 11.2. The molecule has 11 atom stereocenters. The van der Waals surface area contributed by atoms with E-state index < -0.39 is 0 Å². The lowest BCUT2D eigenvalue weighted by atomic mass is 9.43. The van der Waals surface area contributed by atoms with Gasteiger partial charge in [-0.05, 0) is 117 Å². The van der Waals surface area contributed by atoms with Crippen molar-refractivity contribution in [1.29, 1.82) is 0 Å². The van der Waals surface area contributed by atoms with Gasteiger partial charge in [-0.3, -0.25) is 4.79 Å². The summed E-state index contributed by atoms with van der Waals surface area (Å²) in [5.74, 6) is 1.96. The molecular formula is C30H46N2O4S. The molecule has 6 nitrogen and oxygen atoms in total. The molecule has 1 aromatic rings. The van der Waals surface area contributed by atoms with E-state index in [1.165, 1.54) is 11.3 Å². The number of aliphatic hydroxyl groups excluding tert-OH is 3. The van der Waals surface area contributed by atoms with Crippen LogP contribution in [0.4, 0.5) is 5.13 Å². The first-order valence-corrected chi connectivity index (χ1v) is 15.8. The molecule has 0 spiro atoms. The van der Waals surface area contributed by atoms with Crippen LogP contribution in [-0.2, 0) is 17.6 Å². The van der Waals surface area contributed by atoms with Crippen molar-refractivity contribution in [2.75, 3.05) is 5.32 Å². The lowest BCUT2D eigenvalue weighted by molar-refractivity contribution is -0.207. The number of anilines is 1. The third-order valence-electron chi connectivity index (χ3n) is 12.2. The van der Waals surface area contributed by atoms with Crippen molar-refractivity contribution < 1.29 is 20.1 Å². The van der Waals surface area contributed by atoms with Gasteiger partial charge in [0, 0.05) is 11.3 Å². The van der Waals surface area contributed by atoms with Crippen LogP contribution in [0.1, 0.15) is 95.6 Å². The summed E-state index contributed by atoms with van der Waals surface area (Å²) < 4.78 is 0. The van der Waals surface area contributed by atoms with E-state index in [1.54, 1.807) is 11.3 Å². The molecule has 5 aliphatic carbocycles. The maximum absolute atomic E-state index is 12.8. The number of hydrogen-bond acceptors (Lipinski definition) is 6. The van der Waals surface area contributed by atoms with Gasteiger partial charge in [-0.1, -0.05) is 20.8 Å². The van der Waals surface area contributed by atoms with Crippen LogP contribution in [0.25, 0.3) is 0 Å². The Morgan fingerprint density at radius 3 is 2.70 bits per heavy atom. The molecule has 0 radical (unpaired) electrons. The van der Waals surface area contributed by atoms with Gasteiger partial charge in [-0.15, -0.1) is 11.3 Å². The van der Waals surface area contributed by atoms with Gasteiger partial charge in [-0.25, -0.2) is 4.98 Å². The molecule has 1 amide bonds. The van der Waals surface area contributed by atoms with Crippen LogP contribution in [0, 0.1) is 46.3 Å². The lowest BCUT2D eigenvalue weighted by Crippen LogP contribution is -2.62. The molecule has 206 valence electrons. The molecule has 5 aliphatic rings. The predicted molar refractivity (Wildman–Crippen MR) is 145 cm³/mol. The van der Waals surface area contributed by atoms with Crippen LogP contribution in [0.2, 0.25) is 0 Å². The number of hydrogen-bond donors (Lipinski definition) is 4. The molecule has 4 fully saturated rings. The number of fused-ring (bicyclic) bond motifs is 6. The van der Waals surface area contributed by atoms with E-state index >= 15 is 0 Å². The molecule has 4 saturated carbocycles. The second-order valence-electron chi connectivity index (χ2n) is 13.8. The van der Waals surface area contributed by atoms with Crippen molar-refractivity contribution in [2.45, 2.75) is 116 Å². The van der Waals surface area contributed by atoms with Gasteiger partial charge < -0.3 is 20.6 Å². The van der Waals surface area contributed by atoms with E-state index in [4.69, 9.17) is 0 Å². The highest BCUT2D eigenvalue weighted by molar-refractivity contribution is 7.15. The highest BCUT2D eigenvalue weighted by Crippen LogP contribution is 2.68. The Hall–Kier alpha value is -1.02. The summed E-state index contributed by atoms with van der Waals surface area (Å²) in [6.07, 6.45) is 9.92. The van der Waals surface area contributed by atoms with Gasteiger partial charge in [0.25, 0.3) is 0 Å². The number of rotatable bonds is 5. The van der Waals surface area contributed by atoms with Gasteiger partial charge in [0.1, 0.15) is 0 Å².